The molecule has 0 spiro atoms. The van der Waals surface area contributed by atoms with Gasteiger partial charge in [-0.05, 0) is 12.0 Å². The zero-order valence-electron chi connectivity index (χ0n) is 10.7. The zero-order chi connectivity index (χ0) is 13.7. The van der Waals surface area contributed by atoms with Crippen molar-refractivity contribution in [2.75, 3.05) is 0 Å². The lowest BCUT2D eigenvalue weighted by Gasteiger charge is -2.15. The summed E-state index contributed by atoms with van der Waals surface area (Å²) in [5.74, 6) is 0.615. The van der Waals surface area contributed by atoms with Gasteiger partial charge < -0.3 is 4.98 Å². The molecule has 1 unspecified atom stereocenters. The van der Waals surface area contributed by atoms with Gasteiger partial charge in [-0.25, -0.2) is 18.1 Å². The quantitative estimate of drug-likeness (QED) is 0.849. The van der Waals surface area contributed by atoms with Crippen LogP contribution in [-0.4, -0.2) is 18.4 Å². The second kappa shape index (κ2) is 5.99. The van der Waals surface area contributed by atoms with Crippen molar-refractivity contribution in [1.82, 2.24) is 14.7 Å². The van der Waals surface area contributed by atoms with E-state index in [-0.39, 0.29) is 11.8 Å². The van der Waals surface area contributed by atoms with Crippen LogP contribution in [0.4, 0.5) is 0 Å². The van der Waals surface area contributed by atoms with Gasteiger partial charge in [-0.1, -0.05) is 37.3 Å². The molecule has 5 nitrogen and oxygen atoms in total. The van der Waals surface area contributed by atoms with Crippen LogP contribution >= 0.6 is 0 Å². The maximum atomic E-state index is 12.1. The number of benzene rings is 1. The van der Waals surface area contributed by atoms with E-state index in [9.17, 15) is 8.42 Å². The van der Waals surface area contributed by atoms with Crippen LogP contribution in [0, 0.1) is 0 Å². The Morgan fingerprint density at radius 3 is 2.63 bits per heavy atom. The first-order valence-electron chi connectivity index (χ1n) is 6.14. The molecule has 0 amide bonds. The molecular weight excluding hydrogens is 262 g/mol. The molecule has 102 valence electrons. The number of nitrogens with zero attached hydrogens (tertiary/aromatic N) is 1. The highest BCUT2D eigenvalue weighted by Crippen LogP contribution is 2.14. The predicted octanol–water partition coefficient (Wildman–Crippen LogP) is 1.98. The molecule has 1 atom stereocenters. The highest BCUT2D eigenvalue weighted by atomic mass is 32.2. The molecule has 0 aliphatic carbocycles. The highest BCUT2D eigenvalue weighted by molar-refractivity contribution is 7.88. The number of rotatable bonds is 6. The standard InChI is InChI=1S/C13H17N3O2S/c1-2-12(13-14-8-9-15-13)16-19(17,18)10-11-6-4-3-5-7-11/h3-9,12,16H,2,10H2,1H3,(H,14,15). The lowest BCUT2D eigenvalue weighted by Crippen LogP contribution is -2.30. The van der Waals surface area contributed by atoms with Gasteiger partial charge >= 0.3 is 0 Å². The summed E-state index contributed by atoms with van der Waals surface area (Å²) in [6, 6.07) is 8.80. The van der Waals surface area contributed by atoms with E-state index in [0.29, 0.717) is 12.2 Å². The SMILES string of the molecule is CCC(NS(=O)(=O)Cc1ccccc1)c1ncc[nH]1. The second-order valence-corrected chi connectivity index (χ2v) is 6.05. The first kappa shape index (κ1) is 13.8. The molecule has 0 aliphatic rings. The summed E-state index contributed by atoms with van der Waals surface area (Å²) >= 11 is 0. The monoisotopic (exact) mass is 279 g/mol. The van der Waals surface area contributed by atoms with Crippen molar-refractivity contribution in [2.45, 2.75) is 25.1 Å². The molecule has 2 rings (SSSR count). The van der Waals surface area contributed by atoms with Gasteiger partial charge in [0.25, 0.3) is 0 Å². The molecule has 2 N–H and O–H groups in total. The molecule has 1 heterocycles. The van der Waals surface area contributed by atoms with Gasteiger partial charge in [0.2, 0.25) is 10.0 Å². The lowest BCUT2D eigenvalue weighted by molar-refractivity contribution is 0.538. The fourth-order valence-corrected chi connectivity index (χ4v) is 3.28. The molecule has 19 heavy (non-hydrogen) atoms. The van der Waals surface area contributed by atoms with E-state index in [1.807, 2.05) is 25.1 Å². The summed E-state index contributed by atoms with van der Waals surface area (Å²) in [5.41, 5.74) is 0.768. The largest absolute Gasteiger partial charge is 0.347 e. The van der Waals surface area contributed by atoms with Crippen LogP contribution in [-0.2, 0) is 15.8 Å². The number of imidazole rings is 1. The summed E-state index contributed by atoms with van der Waals surface area (Å²) in [5, 5.41) is 0. The molecule has 0 fully saturated rings. The Labute approximate surface area is 113 Å². The second-order valence-electron chi connectivity index (χ2n) is 4.30. The summed E-state index contributed by atoms with van der Waals surface area (Å²) in [6.07, 6.45) is 3.94. The molecule has 2 aromatic rings. The molecule has 0 aliphatic heterocycles. The normalized spacial score (nSPS) is 13.3. The smallest absolute Gasteiger partial charge is 0.216 e. The minimum atomic E-state index is -3.38. The molecule has 0 saturated carbocycles. The van der Waals surface area contributed by atoms with Crippen molar-refractivity contribution in [2.24, 2.45) is 0 Å². The van der Waals surface area contributed by atoms with Crippen molar-refractivity contribution in [3.05, 3.63) is 54.1 Å². The van der Waals surface area contributed by atoms with E-state index in [4.69, 9.17) is 0 Å². The number of aromatic nitrogens is 2. The summed E-state index contributed by atoms with van der Waals surface area (Å²) in [6.45, 7) is 1.91. The van der Waals surface area contributed by atoms with Crippen LogP contribution in [0.25, 0.3) is 0 Å². The van der Waals surface area contributed by atoms with E-state index < -0.39 is 10.0 Å². The third-order valence-electron chi connectivity index (χ3n) is 2.78. The number of hydrogen-bond donors (Lipinski definition) is 2. The van der Waals surface area contributed by atoms with Gasteiger partial charge in [0.1, 0.15) is 5.82 Å². The van der Waals surface area contributed by atoms with E-state index in [2.05, 4.69) is 14.7 Å². The van der Waals surface area contributed by atoms with Gasteiger partial charge in [0.05, 0.1) is 11.8 Å². The van der Waals surface area contributed by atoms with Crippen molar-refractivity contribution < 1.29 is 8.42 Å². The zero-order valence-corrected chi connectivity index (χ0v) is 11.5. The summed E-state index contributed by atoms with van der Waals surface area (Å²) in [4.78, 5) is 7.03. The van der Waals surface area contributed by atoms with Gasteiger partial charge in [0, 0.05) is 12.4 Å². The van der Waals surface area contributed by atoms with Crippen LogP contribution in [0.5, 0.6) is 0 Å². The van der Waals surface area contributed by atoms with Gasteiger partial charge in [-0.3, -0.25) is 0 Å². The molecular formula is C13H17N3O2S. The third-order valence-corrected chi connectivity index (χ3v) is 4.14. The van der Waals surface area contributed by atoms with Crippen molar-refractivity contribution in [3.63, 3.8) is 0 Å². The molecule has 6 heteroatoms. The van der Waals surface area contributed by atoms with E-state index >= 15 is 0 Å². The minimum Gasteiger partial charge on any atom is -0.347 e. The molecule has 0 radical (unpaired) electrons. The van der Waals surface area contributed by atoms with Gasteiger partial charge in [0.15, 0.2) is 0 Å². The topological polar surface area (TPSA) is 74.8 Å². The molecule has 1 aromatic carbocycles. The number of nitrogens with one attached hydrogen (secondary N) is 2. The van der Waals surface area contributed by atoms with E-state index in [1.165, 1.54) is 0 Å². The molecule has 1 aromatic heterocycles. The van der Waals surface area contributed by atoms with Crippen LogP contribution in [0.15, 0.2) is 42.7 Å². The highest BCUT2D eigenvalue weighted by Gasteiger charge is 2.20. The van der Waals surface area contributed by atoms with E-state index in [0.717, 1.165) is 5.56 Å². The van der Waals surface area contributed by atoms with Crippen LogP contribution in [0.3, 0.4) is 0 Å². The fraction of sp³-hybridized carbons (Fsp3) is 0.308. The van der Waals surface area contributed by atoms with Crippen molar-refractivity contribution in [1.29, 1.82) is 0 Å². The first-order chi connectivity index (χ1) is 9.11. The maximum absolute atomic E-state index is 12.1. The third kappa shape index (κ3) is 3.90. The average Bonchev–Trinajstić information content (AvgIpc) is 2.90. The molecule has 0 saturated heterocycles. The Hall–Kier alpha value is -1.66. The first-order valence-corrected chi connectivity index (χ1v) is 7.79. The summed E-state index contributed by atoms with van der Waals surface area (Å²) in [7, 11) is -3.38. The Kier molecular flexibility index (Phi) is 4.34. The van der Waals surface area contributed by atoms with Crippen LogP contribution in [0.2, 0.25) is 0 Å². The Morgan fingerprint density at radius 1 is 1.32 bits per heavy atom. The van der Waals surface area contributed by atoms with Crippen molar-refractivity contribution in [3.8, 4) is 0 Å². The Balaban J connectivity index is 2.08. The maximum Gasteiger partial charge on any atom is 0.216 e. The number of sulfonamides is 1. The summed E-state index contributed by atoms with van der Waals surface area (Å²) < 4.78 is 26.9. The number of hydrogen-bond acceptors (Lipinski definition) is 3. The minimum absolute atomic E-state index is 0.0228. The average molecular weight is 279 g/mol. The van der Waals surface area contributed by atoms with Crippen LogP contribution < -0.4 is 4.72 Å². The Morgan fingerprint density at radius 2 is 2.05 bits per heavy atom. The van der Waals surface area contributed by atoms with Gasteiger partial charge in [-0.2, -0.15) is 0 Å². The van der Waals surface area contributed by atoms with Gasteiger partial charge in [-0.15, -0.1) is 0 Å². The van der Waals surface area contributed by atoms with Crippen LogP contribution in [0.1, 0.15) is 30.8 Å². The number of H-pyrrole nitrogens is 1. The van der Waals surface area contributed by atoms with E-state index in [1.54, 1.807) is 24.5 Å². The van der Waals surface area contributed by atoms with Crippen molar-refractivity contribution >= 4 is 10.0 Å². The fourth-order valence-electron chi connectivity index (χ4n) is 1.85. The Bertz CT molecular complexity index is 594. The predicted molar refractivity (Wildman–Crippen MR) is 73.8 cm³/mol. The lowest BCUT2D eigenvalue weighted by atomic mass is 10.2. The number of aromatic amines is 1. The molecule has 0 bridgehead atoms.